The molecule has 1 heterocycles. The molecule has 3 nitrogen and oxygen atoms in total. The highest BCUT2D eigenvalue weighted by molar-refractivity contribution is 4.92. The molecule has 1 unspecified atom stereocenters. The van der Waals surface area contributed by atoms with E-state index in [4.69, 9.17) is 5.26 Å². The third-order valence-corrected chi connectivity index (χ3v) is 2.60. The molecular formula is C10H18N2O. The molecule has 1 atom stereocenters. The van der Waals surface area contributed by atoms with Crippen molar-refractivity contribution in [3.8, 4) is 6.07 Å². The van der Waals surface area contributed by atoms with Gasteiger partial charge in [0, 0.05) is 13.1 Å². The van der Waals surface area contributed by atoms with Crippen LogP contribution in [0, 0.1) is 16.7 Å². The van der Waals surface area contributed by atoms with Crippen molar-refractivity contribution in [2.24, 2.45) is 5.41 Å². The molecule has 0 bridgehead atoms. The normalized spacial score (nSPS) is 24.6. The molecule has 1 saturated heterocycles. The van der Waals surface area contributed by atoms with Crippen LogP contribution in [0.3, 0.4) is 0 Å². The monoisotopic (exact) mass is 182 g/mol. The summed E-state index contributed by atoms with van der Waals surface area (Å²) in [6.45, 7) is 6.60. The van der Waals surface area contributed by atoms with Crippen LogP contribution in [0.4, 0.5) is 0 Å². The van der Waals surface area contributed by atoms with Gasteiger partial charge in [-0.25, -0.2) is 0 Å². The molecule has 0 aromatic carbocycles. The molecule has 1 rings (SSSR count). The molecule has 0 aliphatic carbocycles. The number of nitriles is 1. The van der Waals surface area contributed by atoms with Gasteiger partial charge in [0.05, 0.1) is 17.6 Å². The fourth-order valence-corrected chi connectivity index (χ4v) is 1.51. The van der Waals surface area contributed by atoms with E-state index in [9.17, 15) is 5.11 Å². The number of likely N-dealkylation sites (tertiary alicyclic amines) is 1. The molecule has 0 saturated carbocycles. The lowest BCUT2D eigenvalue weighted by atomic mass is 9.91. The Morgan fingerprint density at radius 1 is 1.62 bits per heavy atom. The summed E-state index contributed by atoms with van der Waals surface area (Å²) in [6, 6.07) is 2.29. The molecule has 1 aliphatic rings. The van der Waals surface area contributed by atoms with Gasteiger partial charge in [-0.1, -0.05) is 0 Å². The van der Waals surface area contributed by atoms with Crippen molar-refractivity contribution in [2.75, 3.05) is 19.6 Å². The minimum atomic E-state index is -0.229. The van der Waals surface area contributed by atoms with Crippen molar-refractivity contribution in [1.82, 2.24) is 4.90 Å². The van der Waals surface area contributed by atoms with Gasteiger partial charge in [-0.3, -0.25) is 0 Å². The van der Waals surface area contributed by atoms with Crippen LogP contribution >= 0.6 is 0 Å². The van der Waals surface area contributed by atoms with E-state index in [2.05, 4.69) is 11.0 Å². The Balaban J connectivity index is 2.24. The zero-order valence-corrected chi connectivity index (χ0v) is 8.45. The predicted molar refractivity (Wildman–Crippen MR) is 51.1 cm³/mol. The minimum absolute atomic E-state index is 0.148. The van der Waals surface area contributed by atoms with Crippen LogP contribution in [0.25, 0.3) is 0 Å². The second-order valence-electron chi connectivity index (χ2n) is 4.49. The predicted octanol–water partition coefficient (Wildman–Crippen LogP) is 0.993. The third kappa shape index (κ3) is 3.33. The maximum atomic E-state index is 9.28. The van der Waals surface area contributed by atoms with E-state index in [1.807, 2.05) is 13.8 Å². The van der Waals surface area contributed by atoms with Crippen molar-refractivity contribution < 1.29 is 5.11 Å². The summed E-state index contributed by atoms with van der Waals surface area (Å²) in [7, 11) is 0. The molecule has 1 fully saturated rings. The molecule has 13 heavy (non-hydrogen) atoms. The summed E-state index contributed by atoms with van der Waals surface area (Å²) in [6.07, 6.45) is 1.62. The lowest BCUT2D eigenvalue weighted by Crippen LogP contribution is -2.26. The van der Waals surface area contributed by atoms with Crippen molar-refractivity contribution in [3.05, 3.63) is 0 Å². The van der Waals surface area contributed by atoms with Crippen molar-refractivity contribution in [3.63, 3.8) is 0 Å². The number of β-amino-alcohol motifs (C(OH)–C–C–N with tert-alkyl or cyclic N) is 1. The van der Waals surface area contributed by atoms with Gasteiger partial charge >= 0.3 is 0 Å². The van der Waals surface area contributed by atoms with Crippen molar-refractivity contribution in [2.45, 2.75) is 32.8 Å². The fraction of sp³-hybridized carbons (Fsp3) is 0.900. The van der Waals surface area contributed by atoms with Crippen molar-refractivity contribution >= 4 is 0 Å². The lowest BCUT2D eigenvalue weighted by Gasteiger charge is -2.20. The Kier molecular flexibility index (Phi) is 3.29. The lowest BCUT2D eigenvalue weighted by molar-refractivity contribution is 0.172. The average Bonchev–Trinajstić information content (AvgIpc) is 2.48. The molecule has 0 radical (unpaired) electrons. The summed E-state index contributed by atoms with van der Waals surface area (Å²) in [5.74, 6) is 0. The molecule has 1 aliphatic heterocycles. The zero-order valence-electron chi connectivity index (χ0n) is 8.45. The van der Waals surface area contributed by atoms with Crippen LogP contribution < -0.4 is 0 Å². The molecular weight excluding hydrogens is 164 g/mol. The van der Waals surface area contributed by atoms with E-state index < -0.39 is 0 Å². The molecule has 0 amide bonds. The number of aliphatic hydroxyl groups is 1. The van der Waals surface area contributed by atoms with E-state index in [0.29, 0.717) is 0 Å². The third-order valence-electron chi connectivity index (χ3n) is 2.60. The van der Waals surface area contributed by atoms with Gasteiger partial charge in [0.25, 0.3) is 0 Å². The van der Waals surface area contributed by atoms with Crippen LogP contribution in [0.1, 0.15) is 26.7 Å². The number of nitrogens with zero attached hydrogens (tertiary/aromatic N) is 2. The van der Waals surface area contributed by atoms with E-state index in [-0.39, 0.29) is 11.5 Å². The van der Waals surface area contributed by atoms with Crippen molar-refractivity contribution in [1.29, 1.82) is 5.26 Å². The average molecular weight is 182 g/mol. The number of aliphatic hydroxyl groups excluding tert-OH is 1. The Morgan fingerprint density at radius 3 is 2.77 bits per heavy atom. The first-order valence-corrected chi connectivity index (χ1v) is 4.85. The molecule has 1 N–H and O–H groups in total. The highest BCUT2D eigenvalue weighted by Crippen LogP contribution is 2.20. The second-order valence-corrected chi connectivity index (χ2v) is 4.49. The first-order valence-electron chi connectivity index (χ1n) is 4.85. The highest BCUT2D eigenvalue weighted by Gasteiger charge is 2.23. The summed E-state index contributed by atoms with van der Waals surface area (Å²) < 4.78 is 0. The van der Waals surface area contributed by atoms with Crippen LogP contribution in [0.15, 0.2) is 0 Å². The maximum Gasteiger partial charge on any atom is 0.0684 e. The van der Waals surface area contributed by atoms with Crippen LogP contribution in [0.2, 0.25) is 0 Å². The summed E-state index contributed by atoms with van der Waals surface area (Å²) >= 11 is 0. The van der Waals surface area contributed by atoms with Gasteiger partial charge in [0.15, 0.2) is 0 Å². The Hall–Kier alpha value is -0.590. The molecule has 74 valence electrons. The van der Waals surface area contributed by atoms with E-state index >= 15 is 0 Å². The maximum absolute atomic E-state index is 9.28. The zero-order chi connectivity index (χ0) is 9.90. The van der Waals surface area contributed by atoms with Gasteiger partial charge in [0.1, 0.15) is 0 Å². The molecule has 0 aromatic heterocycles. The SMILES string of the molecule is CC(C)(C#N)CCN1CCC(O)C1. The van der Waals surface area contributed by atoms with Gasteiger partial charge < -0.3 is 10.0 Å². The standard InChI is InChI=1S/C10H18N2O/c1-10(2,8-11)4-6-12-5-3-9(13)7-12/h9,13H,3-7H2,1-2H3. The quantitative estimate of drug-likeness (QED) is 0.708. The summed E-state index contributed by atoms with van der Waals surface area (Å²) in [5, 5.41) is 18.1. The molecule has 0 spiro atoms. The smallest absolute Gasteiger partial charge is 0.0684 e. The molecule has 3 heteroatoms. The number of hydrogen-bond acceptors (Lipinski definition) is 3. The second kappa shape index (κ2) is 4.08. The first-order chi connectivity index (χ1) is 6.03. The summed E-state index contributed by atoms with van der Waals surface area (Å²) in [4.78, 5) is 2.23. The summed E-state index contributed by atoms with van der Waals surface area (Å²) in [5.41, 5.74) is -0.229. The molecule has 0 aromatic rings. The van der Waals surface area contributed by atoms with E-state index in [1.54, 1.807) is 0 Å². The Labute approximate surface area is 80.0 Å². The van der Waals surface area contributed by atoms with Gasteiger partial charge in [0.2, 0.25) is 0 Å². The largest absolute Gasteiger partial charge is 0.392 e. The number of hydrogen-bond donors (Lipinski definition) is 1. The van der Waals surface area contributed by atoms with Crippen LogP contribution in [0.5, 0.6) is 0 Å². The van der Waals surface area contributed by atoms with Gasteiger partial charge in [-0.15, -0.1) is 0 Å². The van der Waals surface area contributed by atoms with E-state index in [0.717, 1.165) is 32.5 Å². The Bertz CT molecular complexity index is 207. The fourth-order valence-electron chi connectivity index (χ4n) is 1.51. The minimum Gasteiger partial charge on any atom is -0.392 e. The Morgan fingerprint density at radius 2 is 2.31 bits per heavy atom. The van der Waals surface area contributed by atoms with Crippen LogP contribution in [-0.2, 0) is 0 Å². The van der Waals surface area contributed by atoms with E-state index in [1.165, 1.54) is 0 Å². The van der Waals surface area contributed by atoms with Gasteiger partial charge in [-0.05, 0) is 33.2 Å². The highest BCUT2D eigenvalue weighted by atomic mass is 16.3. The number of rotatable bonds is 3. The topological polar surface area (TPSA) is 47.3 Å². The van der Waals surface area contributed by atoms with Gasteiger partial charge in [-0.2, -0.15) is 5.26 Å². The van der Waals surface area contributed by atoms with Crippen LogP contribution in [-0.4, -0.2) is 35.7 Å². The first kappa shape index (κ1) is 10.5.